The molecule has 1 aromatic carbocycles. The van der Waals surface area contributed by atoms with E-state index in [-0.39, 0.29) is 0 Å². The smallest absolute Gasteiger partial charge is 0.423 e. The zero-order valence-corrected chi connectivity index (χ0v) is 8.63. The molecule has 2 N–H and O–H groups in total. The molecule has 0 aromatic heterocycles. The second kappa shape index (κ2) is 3.71. The fourth-order valence-electron chi connectivity index (χ4n) is 0.720. The highest BCUT2D eigenvalue weighted by atomic mass is 79.9. The monoisotopic (exact) mass is 278 g/mol. The van der Waals surface area contributed by atoms with Crippen LogP contribution in [0.5, 0.6) is 0 Å². The van der Waals surface area contributed by atoms with Crippen LogP contribution >= 0.6 is 31.9 Å². The first-order valence-corrected chi connectivity index (χ1v) is 4.51. The Hall–Kier alpha value is 0.165. The minimum atomic E-state index is -1.43. The Labute approximate surface area is 81.6 Å². The van der Waals surface area contributed by atoms with Crippen LogP contribution in [0.4, 0.5) is 0 Å². The minimum Gasteiger partial charge on any atom is -0.423 e. The van der Waals surface area contributed by atoms with Gasteiger partial charge >= 0.3 is 7.12 Å². The lowest BCUT2D eigenvalue weighted by Crippen LogP contribution is -2.30. The van der Waals surface area contributed by atoms with Crippen LogP contribution in [0.25, 0.3) is 0 Å². The third-order valence-electron chi connectivity index (χ3n) is 1.26. The maximum absolute atomic E-state index is 8.83. The molecule has 0 spiro atoms. The molecule has 5 heteroatoms. The van der Waals surface area contributed by atoms with Gasteiger partial charge in [0.1, 0.15) is 0 Å². The summed E-state index contributed by atoms with van der Waals surface area (Å²) >= 11 is 6.46. The van der Waals surface area contributed by atoms with Crippen molar-refractivity contribution in [2.45, 2.75) is 0 Å². The first kappa shape index (κ1) is 9.25. The van der Waals surface area contributed by atoms with Crippen molar-refractivity contribution >= 4 is 44.4 Å². The van der Waals surface area contributed by atoms with Crippen LogP contribution in [0.3, 0.4) is 0 Å². The van der Waals surface area contributed by atoms with E-state index < -0.39 is 7.12 Å². The van der Waals surface area contributed by atoms with E-state index in [1.54, 1.807) is 12.1 Å². The first-order chi connectivity index (χ1) is 5.13. The molecule has 0 atom stereocenters. The van der Waals surface area contributed by atoms with E-state index in [9.17, 15) is 0 Å². The van der Waals surface area contributed by atoms with Crippen LogP contribution in [-0.4, -0.2) is 17.2 Å². The Morgan fingerprint density at radius 1 is 1.18 bits per heavy atom. The van der Waals surface area contributed by atoms with Gasteiger partial charge in [0.05, 0.1) is 0 Å². The molecule has 0 saturated carbocycles. The molecule has 0 aliphatic carbocycles. The molecule has 0 aliphatic heterocycles. The molecule has 0 fully saturated rings. The predicted octanol–water partition coefficient (Wildman–Crippen LogP) is 0.891. The van der Waals surface area contributed by atoms with Crippen LogP contribution in [0, 0.1) is 0 Å². The Bertz CT molecular complexity index is 265. The van der Waals surface area contributed by atoms with Crippen LogP contribution in [0.15, 0.2) is 27.1 Å². The van der Waals surface area contributed by atoms with Crippen LogP contribution in [-0.2, 0) is 0 Å². The molecule has 0 aliphatic rings. The van der Waals surface area contributed by atoms with E-state index in [1.807, 2.05) is 6.07 Å². The van der Waals surface area contributed by atoms with E-state index in [0.717, 1.165) is 4.47 Å². The average Bonchev–Trinajstić information content (AvgIpc) is 1.94. The lowest BCUT2D eigenvalue weighted by molar-refractivity contribution is 0.425. The van der Waals surface area contributed by atoms with Crippen molar-refractivity contribution in [1.82, 2.24) is 0 Å². The highest BCUT2D eigenvalue weighted by Gasteiger charge is 2.15. The second-order valence-electron chi connectivity index (χ2n) is 2.02. The summed E-state index contributed by atoms with van der Waals surface area (Å²) in [4.78, 5) is 0. The molecule has 1 aromatic rings. The van der Waals surface area contributed by atoms with Gasteiger partial charge in [-0.3, -0.25) is 0 Å². The molecule has 58 valence electrons. The normalized spacial score (nSPS) is 9.82. The quantitative estimate of drug-likeness (QED) is 0.750. The summed E-state index contributed by atoms with van der Waals surface area (Å²) in [5.41, 5.74) is 0.458. The number of hydrogen-bond acceptors (Lipinski definition) is 2. The lowest BCUT2D eigenvalue weighted by atomic mass is 9.80. The molecule has 0 unspecified atom stereocenters. The maximum atomic E-state index is 8.83. The van der Waals surface area contributed by atoms with Crippen LogP contribution in [0.2, 0.25) is 0 Å². The summed E-state index contributed by atoms with van der Waals surface area (Å²) in [6, 6.07) is 5.19. The van der Waals surface area contributed by atoms with Gasteiger partial charge in [-0.15, -0.1) is 0 Å². The van der Waals surface area contributed by atoms with Gasteiger partial charge in [0.2, 0.25) is 0 Å². The van der Waals surface area contributed by atoms with Crippen molar-refractivity contribution in [3.05, 3.63) is 27.1 Å². The Balaban J connectivity index is 3.17. The van der Waals surface area contributed by atoms with Crippen molar-refractivity contribution in [2.75, 3.05) is 0 Å². The number of rotatable bonds is 1. The largest absolute Gasteiger partial charge is 0.489 e. The molecule has 0 saturated heterocycles. The summed E-state index contributed by atoms with van der Waals surface area (Å²) < 4.78 is 1.48. The van der Waals surface area contributed by atoms with Crippen LogP contribution < -0.4 is 5.46 Å². The number of benzene rings is 1. The van der Waals surface area contributed by atoms with Gasteiger partial charge in [-0.05, 0) is 43.4 Å². The summed E-state index contributed by atoms with van der Waals surface area (Å²) in [5.74, 6) is 0. The van der Waals surface area contributed by atoms with Crippen LogP contribution in [0.1, 0.15) is 0 Å². The summed E-state index contributed by atoms with van der Waals surface area (Å²) in [5, 5.41) is 17.7. The molecule has 2 nitrogen and oxygen atoms in total. The highest BCUT2D eigenvalue weighted by Crippen LogP contribution is 2.19. The maximum Gasteiger partial charge on any atom is 0.489 e. The summed E-state index contributed by atoms with van der Waals surface area (Å²) in [6.45, 7) is 0. The predicted molar refractivity (Wildman–Crippen MR) is 51.7 cm³/mol. The highest BCUT2D eigenvalue weighted by molar-refractivity contribution is 9.13. The van der Waals surface area contributed by atoms with Gasteiger partial charge in [-0.1, -0.05) is 12.1 Å². The third kappa shape index (κ3) is 2.05. The van der Waals surface area contributed by atoms with Crippen molar-refractivity contribution in [3.63, 3.8) is 0 Å². The average molecular weight is 280 g/mol. The topological polar surface area (TPSA) is 40.5 Å². The molecular formula is C6H5BBr2O2. The van der Waals surface area contributed by atoms with Gasteiger partial charge < -0.3 is 10.0 Å². The van der Waals surface area contributed by atoms with E-state index in [4.69, 9.17) is 10.0 Å². The van der Waals surface area contributed by atoms with Gasteiger partial charge in [-0.2, -0.15) is 0 Å². The summed E-state index contributed by atoms with van der Waals surface area (Å²) in [6.07, 6.45) is 0. The Morgan fingerprint density at radius 3 is 2.27 bits per heavy atom. The number of hydrogen-bond donors (Lipinski definition) is 2. The molecule has 0 heterocycles. The zero-order chi connectivity index (χ0) is 8.43. The molecule has 1 rings (SSSR count). The molecule has 0 bridgehead atoms. The van der Waals surface area contributed by atoms with E-state index in [0.29, 0.717) is 9.94 Å². The first-order valence-electron chi connectivity index (χ1n) is 2.93. The van der Waals surface area contributed by atoms with Gasteiger partial charge in [-0.25, -0.2) is 0 Å². The van der Waals surface area contributed by atoms with Crippen molar-refractivity contribution in [2.24, 2.45) is 0 Å². The standard InChI is InChI=1S/C6H5BBr2O2/c8-5-3-1-2-4(6(5)9)7(10)11/h1-3,10-11H. The van der Waals surface area contributed by atoms with Gasteiger partial charge in [0.25, 0.3) is 0 Å². The second-order valence-corrected chi connectivity index (χ2v) is 3.66. The van der Waals surface area contributed by atoms with E-state index in [2.05, 4.69) is 31.9 Å². The summed E-state index contributed by atoms with van der Waals surface area (Å²) in [7, 11) is -1.43. The van der Waals surface area contributed by atoms with E-state index in [1.165, 1.54) is 0 Å². The third-order valence-corrected chi connectivity index (χ3v) is 3.34. The van der Waals surface area contributed by atoms with Gasteiger partial charge in [0.15, 0.2) is 0 Å². The van der Waals surface area contributed by atoms with E-state index >= 15 is 0 Å². The zero-order valence-electron chi connectivity index (χ0n) is 5.46. The molecule has 0 radical (unpaired) electrons. The Morgan fingerprint density at radius 2 is 1.82 bits per heavy atom. The molecule has 11 heavy (non-hydrogen) atoms. The van der Waals surface area contributed by atoms with Gasteiger partial charge in [0, 0.05) is 8.95 Å². The fraction of sp³-hybridized carbons (Fsp3) is 0. The van der Waals surface area contributed by atoms with Crippen molar-refractivity contribution in [1.29, 1.82) is 0 Å². The Kier molecular flexibility index (Phi) is 3.12. The molecular weight excluding hydrogens is 275 g/mol. The fourth-order valence-corrected chi connectivity index (χ4v) is 1.57. The molecule has 0 amide bonds. The SMILES string of the molecule is OB(O)c1cccc(Br)c1Br. The van der Waals surface area contributed by atoms with Crippen molar-refractivity contribution in [3.8, 4) is 0 Å². The number of halogens is 2. The minimum absolute atomic E-state index is 0.458. The lowest BCUT2D eigenvalue weighted by Gasteiger charge is -2.03. The van der Waals surface area contributed by atoms with Crippen molar-refractivity contribution < 1.29 is 10.0 Å².